The molecule has 1 fully saturated rings. The Morgan fingerprint density at radius 2 is 2.11 bits per heavy atom. The Morgan fingerprint density at radius 3 is 2.83 bits per heavy atom. The van der Waals surface area contributed by atoms with Crippen LogP contribution in [0.25, 0.3) is 0 Å². The van der Waals surface area contributed by atoms with Crippen molar-refractivity contribution in [1.29, 1.82) is 0 Å². The number of hydrogen-bond donors (Lipinski definition) is 6. The molecule has 4 heterocycles. The molecule has 0 aromatic heterocycles. The minimum Gasteiger partial charge on any atom is -0.492 e. The van der Waals surface area contributed by atoms with Gasteiger partial charge in [0.15, 0.2) is 17.6 Å². The molecule has 36 heavy (non-hydrogen) atoms. The number of aliphatic hydroxyl groups is 2. The zero-order valence-corrected chi connectivity index (χ0v) is 20.4. The zero-order valence-electron chi connectivity index (χ0n) is 20.4. The Kier molecular flexibility index (Phi) is 5.34. The largest absolute Gasteiger partial charge is 0.492 e. The SMILES string of the molecule is CN(C=O)C[C@@H]1N=C(N)N2C[C@H](NC(=O)c3cccc4c3OCCC4(C)C)C(O)(O)[C@@]23NC(N)=NC13. The van der Waals surface area contributed by atoms with Crippen molar-refractivity contribution < 1.29 is 24.5 Å². The molecule has 194 valence electrons. The second-order valence-electron chi connectivity index (χ2n) is 10.5. The van der Waals surface area contributed by atoms with E-state index in [1.807, 2.05) is 6.07 Å². The van der Waals surface area contributed by atoms with Gasteiger partial charge in [-0.1, -0.05) is 26.0 Å². The molecule has 13 nitrogen and oxygen atoms in total. The fraction of sp³-hybridized carbons (Fsp3) is 0.565. The molecular formula is C23H32N8O5. The van der Waals surface area contributed by atoms with Gasteiger partial charge in [-0.2, -0.15) is 0 Å². The van der Waals surface area contributed by atoms with Crippen molar-refractivity contribution in [1.82, 2.24) is 20.4 Å². The first-order valence-corrected chi connectivity index (χ1v) is 11.8. The number of guanidine groups is 2. The Bertz CT molecular complexity index is 1170. The summed E-state index contributed by atoms with van der Waals surface area (Å²) in [5.74, 6) is -2.61. The summed E-state index contributed by atoms with van der Waals surface area (Å²) in [6.07, 6.45) is 1.45. The number of nitrogens with zero attached hydrogens (tertiary/aromatic N) is 4. The highest BCUT2D eigenvalue weighted by molar-refractivity contribution is 5.98. The van der Waals surface area contributed by atoms with E-state index in [1.165, 1.54) is 9.80 Å². The first-order valence-electron chi connectivity index (χ1n) is 11.8. The minimum atomic E-state index is -2.56. The van der Waals surface area contributed by atoms with Crippen molar-refractivity contribution in [2.24, 2.45) is 21.5 Å². The molecular weight excluding hydrogens is 468 g/mol. The summed E-state index contributed by atoms with van der Waals surface area (Å²) in [6, 6.07) is 2.58. The van der Waals surface area contributed by atoms with Crippen molar-refractivity contribution in [3.8, 4) is 5.75 Å². The topological polar surface area (TPSA) is 191 Å². The van der Waals surface area contributed by atoms with Crippen molar-refractivity contribution in [3.63, 3.8) is 0 Å². The van der Waals surface area contributed by atoms with Gasteiger partial charge in [0.25, 0.3) is 5.91 Å². The molecule has 4 aliphatic heterocycles. The molecule has 0 saturated carbocycles. The van der Waals surface area contributed by atoms with E-state index in [2.05, 4.69) is 34.5 Å². The van der Waals surface area contributed by atoms with Crippen LogP contribution in [0, 0.1) is 0 Å². The smallest absolute Gasteiger partial charge is 0.255 e. The van der Waals surface area contributed by atoms with Crippen molar-refractivity contribution >= 4 is 24.2 Å². The number of carbonyl (C=O) groups is 2. The standard InChI is InChI=1S/C23H32N8O5/c1-21(2)7-8-36-16-12(5-4-6-13(16)21)18(33)27-15-10-31-20(25)26-14(9-30(3)11-32)17-22(31,23(15,34)35)29-19(24)28-17/h4-6,11,14-15,17,34-35H,7-10H2,1-3H3,(H2,25,26)(H,27,33)(H3,24,28,29)/t14-,15-,17?,22-/m0/s1. The van der Waals surface area contributed by atoms with Gasteiger partial charge in [-0.25, -0.2) is 9.98 Å². The molecule has 1 aromatic rings. The fourth-order valence-electron chi connectivity index (χ4n) is 5.76. The van der Waals surface area contributed by atoms with Crippen LogP contribution in [0.3, 0.4) is 0 Å². The molecule has 0 radical (unpaired) electrons. The van der Waals surface area contributed by atoms with Crippen LogP contribution in [-0.2, 0) is 10.2 Å². The summed E-state index contributed by atoms with van der Waals surface area (Å²) < 4.78 is 5.87. The second-order valence-corrected chi connectivity index (χ2v) is 10.5. The van der Waals surface area contributed by atoms with Crippen LogP contribution >= 0.6 is 0 Å². The average Bonchev–Trinajstić information content (AvgIpc) is 3.28. The molecule has 8 N–H and O–H groups in total. The van der Waals surface area contributed by atoms with E-state index in [4.69, 9.17) is 16.2 Å². The maximum atomic E-state index is 13.4. The maximum Gasteiger partial charge on any atom is 0.255 e. The first kappa shape index (κ1) is 24.1. The predicted octanol–water partition coefficient (Wildman–Crippen LogP) is -2.39. The minimum absolute atomic E-state index is 0.0133. The average molecular weight is 501 g/mol. The van der Waals surface area contributed by atoms with E-state index in [1.54, 1.807) is 19.2 Å². The number of likely N-dealkylation sites (N-methyl/N-ethyl adjacent to an activating group) is 1. The molecule has 2 amide bonds. The molecule has 4 atom stereocenters. The number of ether oxygens (including phenoxy) is 1. The summed E-state index contributed by atoms with van der Waals surface area (Å²) in [5, 5.41) is 28.8. The van der Waals surface area contributed by atoms with Crippen LogP contribution in [0.4, 0.5) is 0 Å². The molecule has 1 saturated heterocycles. The summed E-state index contributed by atoms with van der Waals surface area (Å²) in [6.45, 7) is 4.71. The van der Waals surface area contributed by atoms with Gasteiger partial charge in [0.05, 0.1) is 18.2 Å². The third-order valence-corrected chi connectivity index (χ3v) is 7.72. The van der Waals surface area contributed by atoms with Crippen LogP contribution in [0.1, 0.15) is 36.2 Å². The quantitative estimate of drug-likeness (QED) is 0.189. The van der Waals surface area contributed by atoms with Gasteiger partial charge in [-0.15, -0.1) is 0 Å². The number of benzene rings is 1. The van der Waals surface area contributed by atoms with Gasteiger partial charge in [0.2, 0.25) is 12.2 Å². The number of fused-ring (bicyclic) bond motifs is 1. The molecule has 1 unspecified atom stereocenters. The van der Waals surface area contributed by atoms with E-state index in [-0.39, 0.29) is 30.4 Å². The van der Waals surface area contributed by atoms with Crippen LogP contribution < -0.4 is 26.8 Å². The number of nitrogens with two attached hydrogens (primary N) is 2. The normalized spacial score (nSPS) is 31.0. The van der Waals surface area contributed by atoms with E-state index < -0.39 is 35.5 Å². The first-order chi connectivity index (χ1) is 16.9. The molecule has 1 spiro atoms. The summed E-state index contributed by atoms with van der Waals surface area (Å²) >= 11 is 0. The third-order valence-electron chi connectivity index (χ3n) is 7.72. The second kappa shape index (κ2) is 7.96. The summed E-state index contributed by atoms with van der Waals surface area (Å²) in [4.78, 5) is 36.3. The zero-order chi connectivity index (χ0) is 26.0. The van der Waals surface area contributed by atoms with E-state index in [9.17, 15) is 19.8 Å². The van der Waals surface area contributed by atoms with Crippen molar-refractivity contribution in [2.45, 2.75) is 55.3 Å². The van der Waals surface area contributed by atoms with E-state index in [0.29, 0.717) is 24.3 Å². The van der Waals surface area contributed by atoms with Crippen LogP contribution in [-0.4, -0.2) is 101 Å². The highest BCUT2D eigenvalue weighted by atomic mass is 16.5. The van der Waals surface area contributed by atoms with Gasteiger partial charge in [-0.05, 0) is 17.9 Å². The monoisotopic (exact) mass is 500 g/mol. The van der Waals surface area contributed by atoms with Gasteiger partial charge in [0.1, 0.15) is 17.8 Å². The Labute approximate surface area is 208 Å². The lowest BCUT2D eigenvalue weighted by Gasteiger charge is -2.49. The molecule has 0 aliphatic carbocycles. The third kappa shape index (κ3) is 3.29. The van der Waals surface area contributed by atoms with Gasteiger partial charge in [-0.3, -0.25) is 9.59 Å². The van der Waals surface area contributed by atoms with E-state index in [0.717, 1.165) is 12.0 Å². The molecule has 4 aliphatic rings. The maximum absolute atomic E-state index is 13.4. The van der Waals surface area contributed by atoms with Crippen molar-refractivity contribution in [3.05, 3.63) is 29.3 Å². The Hall–Kier alpha value is -3.58. The van der Waals surface area contributed by atoms with Gasteiger partial charge in [0, 0.05) is 25.7 Å². The van der Waals surface area contributed by atoms with Crippen LogP contribution in [0.5, 0.6) is 5.75 Å². The highest BCUT2D eigenvalue weighted by Gasteiger charge is 2.73. The number of aliphatic imine (C=N–C) groups is 2. The summed E-state index contributed by atoms with van der Waals surface area (Å²) in [7, 11) is 1.57. The Balaban J connectivity index is 1.47. The van der Waals surface area contributed by atoms with Crippen LogP contribution in [0.15, 0.2) is 28.2 Å². The van der Waals surface area contributed by atoms with Crippen molar-refractivity contribution in [2.75, 3.05) is 26.7 Å². The summed E-state index contributed by atoms with van der Waals surface area (Å²) in [5.41, 5.74) is 11.6. The predicted molar refractivity (Wildman–Crippen MR) is 130 cm³/mol. The van der Waals surface area contributed by atoms with E-state index >= 15 is 0 Å². The molecule has 5 rings (SSSR count). The molecule has 0 bridgehead atoms. The number of rotatable bonds is 5. The fourth-order valence-corrected chi connectivity index (χ4v) is 5.76. The lowest BCUT2D eigenvalue weighted by molar-refractivity contribution is -0.230. The number of nitrogens with one attached hydrogen (secondary N) is 2. The van der Waals surface area contributed by atoms with Gasteiger partial charge >= 0.3 is 0 Å². The Morgan fingerprint density at radius 1 is 1.36 bits per heavy atom. The van der Waals surface area contributed by atoms with Gasteiger partial charge < -0.3 is 46.9 Å². The lowest BCUT2D eigenvalue weighted by Crippen LogP contribution is -2.78. The number of para-hydroxylation sites is 1. The molecule has 13 heteroatoms. The highest BCUT2D eigenvalue weighted by Crippen LogP contribution is 2.45. The lowest BCUT2D eigenvalue weighted by atomic mass is 9.79. The number of amides is 2. The number of hydrogen-bond acceptors (Lipinski definition) is 11. The number of carbonyl (C=O) groups excluding carboxylic acids is 2. The molecule has 1 aromatic carbocycles. The van der Waals surface area contributed by atoms with Crippen LogP contribution in [0.2, 0.25) is 0 Å².